The van der Waals surface area contributed by atoms with Crippen molar-refractivity contribution in [3.05, 3.63) is 17.7 Å². The number of imidazole rings is 1. The van der Waals surface area contributed by atoms with Gasteiger partial charge in [0.25, 0.3) is 0 Å². The minimum atomic E-state index is -0.775. The number of nitrogens with zero attached hydrogens (tertiary/aromatic N) is 1. The van der Waals surface area contributed by atoms with Gasteiger partial charge in [-0.25, -0.2) is 4.98 Å². The smallest absolute Gasteiger partial charge is 0.320 e. The maximum absolute atomic E-state index is 10.8. The second-order valence-corrected chi connectivity index (χ2v) is 3.99. The summed E-state index contributed by atoms with van der Waals surface area (Å²) in [6.45, 7) is 1.94. The van der Waals surface area contributed by atoms with Crippen LogP contribution >= 0.6 is 0 Å². The molecule has 0 amide bonds. The fourth-order valence-corrected chi connectivity index (χ4v) is 1.96. The van der Waals surface area contributed by atoms with E-state index < -0.39 is 12.0 Å². The molecule has 1 aliphatic rings. The summed E-state index contributed by atoms with van der Waals surface area (Å²) in [5.41, 5.74) is 1.00. The number of rotatable bonds is 2. The minimum Gasteiger partial charge on any atom is -0.480 e. The minimum absolute atomic E-state index is 0.0496. The van der Waals surface area contributed by atoms with E-state index in [0.717, 1.165) is 24.4 Å². The first-order chi connectivity index (χ1) is 7.16. The van der Waals surface area contributed by atoms with Gasteiger partial charge in [0.05, 0.1) is 6.04 Å². The van der Waals surface area contributed by atoms with Gasteiger partial charge >= 0.3 is 5.97 Å². The molecule has 0 radical (unpaired) electrons. The van der Waals surface area contributed by atoms with E-state index in [1.165, 1.54) is 0 Å². The van der Waals surface area contributed by atoms with Gasteiger partial charge in [0, 0.05) is 11.9 Å². The van der Waals surface area contributed by atoms with E-state index in [0.29, 0.717) is 6.42 Å². The molecule has 0 spiro atoms. The molecule has 82 valence electrons. The molecule has 2 atom stereocenters. The third-order valence-corrected chi connectivity index (χ3v) is 2.74. The van der Waals surface area contributed by atoms with Crippen LogP contribution in [-0.2, 0) is 4.79 Å². The summed E-state index contributed by atoms with van der Waals surface area (Å²) in [6.07, 6.45) is 4.33. The number of hydrogen-bond acceptors (Lipinski definition) is 3. The van der Waals surface area contributed by atoms with Crippen LogP contribution in [0, 0.1) is 6.92 Å². The number of carbonyl (C=O) groups is 1. The Balaban J connectivity index is 2.07. The van der Waals surface area contributed by atoms with Gasteiger partial charge in [0.15, 0.2) is 0 Å². The molecule has 0 bridgehead atoms. The van der Waals surface area contributed by atoms with E-state index in [1.807, 2.05) is 6.92 Å². The summed E-state index contributed by atoms with van der Waals surface area (Å²) in [7, 11) is 0. The molecular formula is C10H15N3O2. The predicted octanol–water partition coefficient (Wildman–Crippen LogP) is 0.986. The normalized spacial score (nSPS) is 26.5. The van der Waals surface area contributed by atoms with Crippen LogP contribution in [-0.4, -0.2) is 27.1 Å². The van der Waals surface area contributed by atoms with Crippen molar-refractivity contribution in [1.82, 2.24) is 15.3 Å². The van der Waals surface area contributed by atoms with Gasteiger partial charge in [-0.3, -0.25) is 10.1 Å². The lowest BCUT2D eigenvalue weighted by molar-refractivity contribution is -0.140. The number of aromatic nitrogens is 2. The lowest BCUT2D eigenvalue weighted by atomic mass is 9.98. The number of nitrogens with one attached hydrogen (secondary N) is 2. The maximum Gasteiger partial charge on any atom is 0.320 e. The zero-order valence-corrected chi connectivity index (χ0v) is 8.66. The maximum atomic E-state index is 10.8. The van der Waals surface area contributed by atoms with Crippen molar-refractivity contribution >= 4 is 5.97 Å². The fraction of sp³-hybridized carbons (Fsp3) is 0.600. The van der Waals surface area contributed by atoms with Gasteiger partial charge in [-0.1, -0.05) is 0 Å². The molecule has 0 saturated carbocycles. The van der Waals surface area contributed by atoms with Crippen molar-refractivity contribution in [2.75, 3.05) is 0 Å². The third-order valence-electron chi connectivity index (χ3n) is 2.74. The number of carboxylic acid groups (broad SMARTS) is 1. The van der Waals surface area contributed by atoms with Gasteiger partial charge in [0.2, 0.25) is 0 Å². The first kappa shape index (κ1) is 10.2. The summed E-state index contributed by atoms with van der Waals surface area (Å²) in [6, 6.07) is -0.386. The summed E-state index contributed by atoms with van der Waals surface area (Å²) >= 11 is 0. The third kappa shape index (κ3) is 2.18. The van der Waals surface area contributed by atoms with Crippen LogP contribution in [0.25, 0.3) is 0 Å². The Morgan fingerprint density at radius 1 is 1.60 bits per heavy atom. The largest absolute Gasteiger partial charge is 0.480 e. The Labute approximate surface area is 87.9 Å². The van der Waals surface area contributed by atoms with Crippen molar-refractivity contribution in [2.45, 2.75) is 38.3 Å². The van der Waals surface area contributed by atoms with Crippen LogP contribution in [0.15, 0.2) is 6.20 Å². The topological polar surface area (TPSA) is 78.0 Å². The number of piperidine rings is 1. The fourth-order valence-electron chi connectivity index (χ4n) is 1.96. The second kappa shape index (κ2) is 4.02. The Bertz CT molecular complexity index is 361. The van der Waals surface area contributed by atoms with Crippen LogP contribution in [0.3, 0.4) is 0 Å². The molecule has 2 heterocycles. The van der Waals surface area contributed by atoms with Crippen molar-refractivity contribution < 1.29 is 9.90 Å². The highest BCUT2D eigenvalue weighted by atomic mass is 16.4. The number of carboxylic acids is 1. The van der Waals surface area contributed by atoms with Crippen LogP contribution in [0.1, 0.15) is 36.8 Å². The summed E-state index contributed by atoms with van der Waals surface area (Å²) in [5.74, 6) is 0.0708. The quantitative estimate of drug-likeness (QED) is 0.678. The average Bonchev–Trinajstić information content (AvgIpc) is 2.65. The predicted molar refractivity (Wildman–Crippen MR) is 54.5 cm³/mol. The van der Waals surface area contributed by atoms with E-state index in [9.17, 15) is 4.79 Å². The van der Waals surface area contributed by atoms with Gasteiger partial charge < -0.3 is 10.1 Å². The first-order valence-electron chi connectivity index (χ1n) is 5.17. The molecule has 0 aliphatic carbocycles. The second-order valence-electron chi connectivity index (χ2n) is 3.99. The zero-order chi connectivity index (χ0) is 10.8. The highest BCUT2D eigenvalue weighted by Crippen LogP contribution is 2.23. The standard InChI is InChI=1S/C10H15N3O2/c1-6-5-11-9(12-6)7-3-2-4-8(13-7)10(14)15/h5,7-8,13H,2-4H2,1H3,(H,11,12)(H,14,15). The van der Waals surface area contributed by atoms with Crippen LogP contribution in [0.4, 0.5) is 0 Å². The Hall–Kier alpha value is -1.36. The van der Waals surface area contributed by atoms with Crippen LogP contribution in [0.5, 0.6) is 0 Å². The Morgan fingerprint density at radius 3 is 3.00 bits per heavy atom. The van der Waals surface area contributed by atoms with Crippen molar-refractivity contribution in [2.24, 2.45) is 0 Å². The summed E-state index contributed by atoms with van der Waals surface area (Å²) in [4.78, 5) is 18.2. The highest BCUT2D eigenvalue weighted by Gasteiger charge is 2.27. The van der Waals surface area contributed by atoms with Crippen molar-refractivity contribution in [3.8, 4) is 0 Å². The number of aromatic amines is 1. The molecule has 1 aromatic heterocycles. The van der Waals surface area contributed by atoms with Gasteiger partial charge in [-0.2, -0.15) is 0 Å². The number of hydrogen-bond donors (Lipinski definition) is 3. The molecule has 2 unspecified atom stereocenters. The molecule has 0 aromatic carbocycles. The molecule has 1 aliphatic heterocycles. The molecule has 1 aromatic rings. The van der Waals surface area contributed by atoms with Crippen molar-refractivity contribution in [1.29, 1.82) is 0 Å². The zero-order valence-electron chi connectivity index (χ0n) is 8.66. The molecule has 15 heavy (non-hydrogen) atoms. The molecule has 5 nitrogen and oxygen atoms in total. The van der Waals surface area contributed by atoms with E-state index >= 15 is 0 Å². The SMILES string of the molecule is Cc1cnc(C2CCCC(C(=O)O)N2)[nH]1. The van der Waals surface area contributed by atoms with Gasteiger partial charge in [-0.15, -0.1) is 0 Å². The van der Waals surface area contributed by atoms with Crippen LogP contribution < -0.4 is 5.32 Å². The average molecular weight is 209 g/mol. The Morgan fingerprint density at radius 2 is 2.40 bits per heavy atom. The molecule has 1 saturated heterocycles. The van der Waals surface area contributed by atoms with E-state index in [2.05, 4.69) is 15.3 Å². The lowest BCUT2D eigenvalue weighted by Crippen LogP contribution is -2.42. The molecular weight excluding hydrogens is 194 g/mol. The monoisotopic (exact) mass is 209 g/mol. The molecule has 1 fully saturated rings. The van der Waals surface area contributed by atoms with Gasteiger partial charge in [-0.05, 0) is 26.2 Å². The van der Waals surface area contributed by atoms with E-state index in [-0.39, 0.29) is 6.04 Å². The number of aryl methyl sites for hydroxylation is 1. The Kier molecular flexibility index (Phi) is 2.73. The number of aliphatic carboxylic acids is 1. The van der Waals surface area contributed by atoms with E-state index in [4.69, 9.17) is 5.11 Å². The molecule has 5 heteroatoms. The summed E-state index contributed by atoms with van der Waals surface area (Å²) < 4.78 is 0. The van der Waals surface area contributed by atoms with E-state index in [1.54, 1.807) is 6.20 Å². The van der Waals surface area contributed by atoms with Crippen molar-refractivity contribution in [3.63, 3.8) is 0 Å². The molecule has 2 rings (SSSR count). The summed E-state index contributed by atoms with van der Waals surface area (Å²) in [5, 5.41) is 12.0. The van der Waals surface area contributed by atoms with Crippen LogP contribution in [0.2, 0.25) is 0 Å². The number of H-pyrrole nitrogens is 1. The van der Waals surface area contributed by atoms with Gasteiger partial charge in [0.1, 0.15) is 11.9 Å². The molecule has 3 N–H and O–H groups in total. The lowest BCUT2D eigenvalue weighted by Gasteiger charge is -2.27. The highest BCUT2D eigenvalue weighted by molar-refractivity contribution is 5.73. The first-order valence-corrected chi connectivity index (χ1v) is 5.17.